The topological polar surface area (TPSA) is 62.3 Å². The van der Waals surface area contributed by atoms with Crippen LogP contribution in [-0.4, -0.2) is 23.5 Å². The van der Waals surface area contributed by atoms with E-state index in [1.165, 1.54) is 7.11 Å². The number of aromatic nitrogens is 1. The number of nitrogens with one attached hydrogen (secondary N) is 1. The first-order valence-electron chi connectivity index (χ1n) is 4.09. The molecular formula is C10H9NO3. The van der Waals surface area contributed by atoms with Crippen LogP contribution in [0.1, 0.15) is 10.5 Å². The molecule has 2 N–H and O–H groups in total. The Morgan fingerprint density at radius 3 is 2.86 bits per heavy atom. The molecule has 0 spiro atoms. The molecule has 14 heavy (non-hydrogen) atoms. The second-order valence-electron chi connectivity index (χ2n) is 2.95. The number of fused-ring (bicyclic) bond motifs is 1. The van der Waals surface area contributed by atoms with Crippen LogP contribution in [-0.2, 0) is 0 Å². The summed E-state index contributed by atoms with van der Waals surface area (Å²) in [6.45, 7) is 0. The molecule has 4 nitrogen and oxygen atoms in total. The minimum Gasteiger partial charge on any atom is -0.504 e. The van der Waals surface area contributed by atoms with Crippen molar-refractivity contribution >= 4 is 17.2 Å². The molecule has 0 aliphatic heterocycles. The summed E-state index contributed by atoms with van der Waals surface area (Å²) in [5, 5.41) is 10.2. The zero-order chi connectivity index (χ0) is 10.1. The largest absolute Gasteiger partial charge is 0.504 e. The summed E-state index contributed by atoms with van der Waals surface area (Å²) in [5.74, 6) is 0.452. The van der Waals surface area contributed by atoms with Gasteiger partial charge < -0.3 is 14.8 Å². The second kappa shape index (κ2) is 3.06. The average molecular weight is 191 g/mol. The molecule has 0 radical (unpaired) electrons. The monoisotopic (exact) mass is 191 g/mol. The van der Waals surface area contributed by atoms with Gasteiger partial charge in [-0.05, 0) is 12.1 Å². The van der Waals surface area contributed by atoms with Crippen molar-refractivity contribution < 1.29 is 14.6 Å². The highest BCUT2D eigenvalue weighted by atomic mass is 16.5. The Morgan fingerprint density at radius 1 is 1.43 bits per heavy atom. The molecule has 1 aromatic heterocycles. The number of aromatic hydroxyl groups is 1. The lowest BCUT2D eigenvalue weighted by Gasteiger charge is -2.01. The predicted molar refractivity (Wildman–Crippen MR) is 51.9 cm³/mol. The van der Waals surface area contributed by atoms with Crippen LogP contribution in [0.2, 0.25) is 0 Å². The van der Waals surface area contributed by atoms with E-state index in [0.29, 0.717) is 11.4 Å². The van der Waals surface area contributed by atoms with Gasteiger partial charge in [0, 0.05) is 17.0 Å². The summed E-state index contributed by atoms with van der Waals surface area (Å²) >= 11 is 0. The maximum absolute atomic E-state index is 10.5. The van der Waals surface area contributed by atoms with Crippen LogP contribution in [0.25, 0.3) is 10.9 Å². The molecule has 1 heterocycles. The summed E-state index contributed by atoms with van der Waals surface area (Å²) in [5.41, 5.74) is 1.24. The van der Waals surface area contributed by atoms with Crippen LogP contribution in [0.3, 0.4) is 0 Å². The van der Waals surface area contributed by atoms with Crippen LogP contribution in [0, 0.1) is 0 Å². The predicted octanol–water partition coefficient (Wildman–Crippen LogP) is 1.69. The van der Waals surface area contributed by atoms with E-state index in [4.69, 9.17) is 4.74 Å². The maximum atomic E-state index is 10.5. The highest BCUT2D eigenvalue weighted by Gasteiger charge is 2.06. The number of hydrogen-bond acceptors (Lipinski definition) is 3. The van der Waals surface area contributed by atoms with Crippen LogP contribution in [0.15, 0.2) is 18.2 Å². The first-order chi connectivity index (χ1) is 6.74. The third-order valence-electron chi connectivity index (χ3n) is 2.07. The van der Waals surface area contributed by atoms with Gasteiger partial charge in [-0.3, -0.25) is 4.79 Å². The van der Waals surface area contributed by atoms with Gasteiger partial charge in [0.15, 0.2) is 17.8 Å². The Balaban J connectivity index is 2.69. The first kappa shape index (κ1) is 8.62. The van der Waals surface area contributed by atoms with Crippen molar-refractivity contribution in [2.75, 3.05) is 7.11 Å². The van der Waals surface area contributed by atoms with E-state index in [2.05, 4.69) is 4.98 Å². The van der Waals surface area contributed by atoms with E-state index in [1.54, 1.807) is 18.2 Å². The SMILES string of the molecule is COc1cc2[nH]c(C=O)cc2cc1O. The van der Waals surface area contributed by atoms with Gasteiger partial charge in [-0.2, -0.15) is 0 Å². The molecule has 1 aromatic carbocycles. The number of aldehydes is 1. The van der Waals surface area contributed by atoms with E-state index in [9.17, 15) is 9.90 Å². The lowest BCUT2D eigenvalue weighted by atomic mass is 10.2. The number of H-pyrrole nitrogens is 1. The number of phenolic OH excluding ortho intramolecular Hbond substituents is 1. The molecule has 0 bridgehead atoms. The standard InChI is InChI=1S/C10H9NO3/c1-14-10-4-8-6(3-9(10)13)2-7(5-12)11-8/h2-5,11,13H,1H3. The molecule has 2 aromatic rings. The molecule has 0 saturated heterocycles. The first-order valence-corrected chi connectivity index (χ1v) is 4.09. The summed E-state index contributed by atoms with van der Waals surface area (Å²) in [7, 11) is 1.48. The number of aromatic amines is 1. The lowest BCUT2D eigenvalue weighted by molar-refractivity contribution is 0.112. The molecule has 0 unspecified atom stereocenters. The molecule has 72 valence electrons. The van der Waals surface area contributed by atoms with Gasteiger partial charge in [0.25, 0.3) is 0 Å². The summed E-state index contributed by atoms with van der Waals surface area (Å²) in [6.07, 6.45) is 0.726. The van der Waals surface area contributed by atoms with E-state index in [-0.39, 0.29) is 5.75 Å². The molecule has 0 amide bonds. The van der Waals surface area contributed by atoms with Crippen molar-refractivity contribution in [3.8, 4) is 11.5 Å². The van der Waals surface area contributed by atoms with Gasteiger partial charge in [-0.15, -0.1) is 0 Å². The highest BCUT2D eigenvalue weighted by molar-refractivity contribution is 5.89. The molecule has 0 saturated carbocycles. The minimum absolute atomic E-state index is 0.0662. The summed E-state index contributed by atoms with van der Waals surface area (Å²) in [4.78, 5) is 13.4. The molecule has 0 aliphatic rings. The quantitative estimate of drug-likeness (QED) is 0.710. The zero-order valence-electron chi connectivity index (χ0n) is 7.57. The van der Waals surface area contributed by atoms with Gasteiger partial charge in [-0.1, -0.05) is 0 Å². The van der Waals surface area contributed by atoms with E-state index in [1.807, 2.05) is 0 Å². The van der Waals surface area contributed by atoms with Crippen molar-refractivity contribution in [1.29, 1.82) is 0 Å². The Morgan fingerprint density at radius 2 is 2.21 bits per heavy atom. The second-order valence-corrected chi connectivity index (χ2v) is 2.95. The fourth-order valence-corrected chi connectivity index (χ4v) is 1.40. The number of hydrogen-bond donors (Lipinski definition) is 2. The van der Waals surface area contributed by atoms with Gasteiger partial charge in [0.2, 0.25) is 0 Å². The van der Waals surface area contributed by atoms with Crippen molar-refractivity contribution in [3.05, 3.63) is 23.9 Å². The Kier molecular flexibility index (Phi) is 1.89. The van der Waals surface area contributed by atoms with Gasteiger partial charge in [-0.25, -0.2) is 0 Å². The van der Waals surface area contributed by atoms with Gasteiger partial charge in [0.05, 0.1) is 12.8 Å². The number of rotatable bonds is 2. The highest BCUT2D eigenvalue weighted by Crippen LogP contribution is 2.30. The minimum atomic E-state index is 0.0662. The number of carbonyl (C=O) groups is 1. The van der Waals surface area contributed by atoms with Crippen molar-refractivity contribution in [1.82, 2.24) is 4.98 Å². The fraction of sp³-hybridized carbons (Fsp3) is 0.100. The third kappa shape index (κ3) is 1.21. The van der Waals surface area contributed by atoms with Crippen molar-refractivity contribution in [2.45, 2.75) is 0 Å². The molecule has 0 atom stereocenters. The number of carbonyl (C=O) groups excluding carboxylic acids is 1. The average Bonchev–Trinajstić information content (AvgIpc) is 2.58. The number of ether oxygens (including phenoxy) is 1. The van der Waals surface area contributed by atoms with Gasteiger partial charge in [0.1, 0.15) is 0 Å². The maximum Gasteiger partial charge on any atom is 0.166 e. The lowest BCUT2D eigenvalue weighted by Crippen LogP contribution is -1.83. The van der Waals surface area contributed by atoms with Crippen LogP contribution in [0.5, 0.6) is 11.5 Å². The van der Waals surface area contributed by atoms with Gasteiger partial charge >= 0.3 is 0 Å². The molecule has 4 heteroatoms. The van der Waals surface area contributed by atoms with Crippen LogP contribution >= 0.6 is 0 Å². The fourth-order valence-electron chi connectivity index (χ4n) is 1.40. The van der Waals surface area contributed by atoms with Crippen molar-refractivity contribution in [2.24, 2.45) is 0 Å². The van der Waals surface area contributed by atoms with Crippen LogP contribution in [0.4, 0.5) is 0 Å². The zero-order valence-corrected chi connectivity index (χ0v) is 7.57. The normalized spacial score (nSPS) is 10.4. The summed E-state index contributed by atoms with van der Waals surface area (Å²) < 4.78 is 4.94. The third-order valence-corrected chi connectivity index (χ3v) is 2.07. The Bertz CT molecular complexity index is 487. The molecule has 2 rings (SSSR count). The van der Waals surface area contributed by atoms with E-state index >= 15 is 0 Å². The molecule has 0 aliphatic carbocycles. The smallest absolute Gasteiger partial charge is 0.166 e. The Hall–Kier alpha value is -1.97. The number of phenols is 1. The molecular weight excluding hydrogens is 182 g/mol. The van der Waals surface area contributed by atoms with E-state index < -0.39 is 0 Å². The van der Waals surface area contributed by atoms with Crippen LogP contribution < -0.4 is 4.74 Å². The number of methoxy groups -OCH3 is 1. The van der Waals surface area contributed by atoms with Crippen molar-refractivity contribution in [3.63, 3.8) is 0 Å². The Labute approximate surface area is 80.1 Å². The van der Waals surface area contributed by atoms with E-state index in [0.717, 1.165) is 17.2 Å². The summed E-state index contributed by atoms with van der Waals surface area (Å²) in [6, 6.07) is 4.87. The number of benzene rings is 1. The molecule has 0 fully saturated rings.